The molecule has 0 amide bonds. The van der Waals surface area contributed by atoms with Gasteiger partial charge in [-0.1, -0.05) is 12.1 Å². The van der Waals surface area contributed by atoms with Crippen LogP contribution >= 0.6 is 0 Å². The van der Waals surface area contributed by atoms with Crippen LogP contribution in [0, 0.1) is 0 Å². The van der Waals surface area contributed by atoms with Gasteiger partial charge in [0.05, 0.1) is 6.61 Å². The molecule has 0 spiro atoms. The normalized spacial score (nSPS) is 11.5. The number of rotatable bonds is 6. The third-order valence-corrected chi connectivity index (χ3v) is 2.14. The number of methoxy groups -OCH3 is 1. The molecule has 0 fully saturated rings. The van der Waals surface area contributed by atoms with E-state index < -0.39 is 0 Å². The van der Waals surface area contributed by atoms with Crippen LogP contribution in [-0.2, 0) is 11.2 Å². The van der Waals surface area contributed by atoms with Crippen LogP contribution in [0.2, 0.25) is 0 Å². The van der Waals surface area contributed by atoms with E-state index in [2.05, 4.69) is 12.1 Å². The standard InChI is InChI=1S/C13H21NO2/c1-13(2,14)10-11-4-6-12(7-5-11)16-9-8-15-3/h4-7H,8-10,14H2,1-3H3. The van der Waals surface area contributed by atoms with E-state index in [0.717, 1.165) is 12.2 Å². The SMILES string of the molecule is COCCOc1ccc(CC(C)(C)N)cc1. The molecule has 90 valence electrons. The van der Waals surface area contributed by atoms with Gasteiger partial charge in [0, 0.05) is 12.6 Å². The highest BCUT2D eigenvalue weighted by Crippen LogP contribution is 2.15. The molecule has 16 heavy (non-hydrogen) atoms. The van der Waals surface area contributed by atoms with Crippen molar-refractivity contribution in [2.45, 2.75) is 25.8 Å². The maximum Gasteiger partial charge on any atom is 0.119 e. The van der Waals surface area contributed by atoms with Crippen LogP contribution in [0.15, 0.2) is 24.3 Å². The fourth-order valence-electron chi connectivity index (χ4n) is 1.47. The molecule has 0 aliphatic carbocycles. The highest BCUT2D eigenvalue weighted by atomic mass is 16.5. The lowest BCUT2D eigenvalue weighted by Crippen LogP contribution is -2.34. The lowest BCUT2D eigenvalue weighted by Gasteiger charge is -2.18. The second-order valence-electron chi connectivity index (χ2n) is 4.65. The third-order valence-electron chi connectivity index (χ3n) is 2.14. The second-order valence-corrected chi connectivity index (χ2v) is 4.65. The van der Waals surface area contributed by atoms with Crippen LogP contribution in [0.25, 0.3) is 0 Å². The van der Waals surface area contributed by atoms with Gasteiger partial charge in [-0.2, -0.15) is 0 Å². The lowest BCUT2D eigenvalue weighted by atomic mass is 9.96. The summed E-state index contributed by atoms with van der Waals surface area (Å²) in [5.41, 5.74) is 7.02. The second kappa shape index (κ2) is 5.87. The smallest absolute Gasteiger partial charge is 0.119 e. The lowest BCUT2D eigenvalue weighted by molar-refractivity contribution is 0.146. The summed E-state index contributed by atoms with van der Waals surface area (Å²) < 4.78 is 10.4. The minimum absolute atomic E-state index is 0.168. The van der Waals surface area contributed by atoms with E-state index in [-0.39, 0.29) is 5.54 Å². The first-order valence-corrected chi connectivity index (χ1v) is 5.51. The first-order valence-electron chi connectivity index (χ1n) is 5.51. The van der Waals surface area contributed by atoms with Crippen LogP contribution in [0.3, 0.4) is 0 Å². The first kappa shape index (κ1) is 13.0. The van der Waals surface area contributed by atoms with Crippen molar-refractivity contribution in [3.63, 3.8) is 0 Å². The third kappa shape index (κ3) is 5.14. The Kier molecular flexibility index (Phi) is 4.77. The Hall–Kier alpha value is -1.06. The Morgan fingerprint density at radius 1 is 1.12 bits per heavy atom. The van der Waals surface area contributed by atoms with Crippen LogP contribution in [0.5, 0.6) is 5.75 Å². The molecule has 1 rings (SSSR count). The number of hydrogen-bond donors (Lipinski definition) is 1. The van der Waals surface area contributed by atoms with E-state index in [4.69, 9.17) is 15.2 Å². The van der Waals surface area contributed by atoms with Crippen molar-refractivity contribution in [2.75, 3.05) is 20.3 Å². The van der Waals surface area contributed by atoms with Crippen LogP contribution in [-0.4, -0.2) is 25.9 Å². The van der Waals surface area contributed by atoms with Crippen molar-refractivity contribution >= 4 is 0 Å². The molecular weight excluding hydrogens is 202 g/mol. The van der Waals surface area contributed by atoms with E-state index in [0.29, 0.717) is 13.2 Å². The molecule has 0 aromatic heterocycles. The summed E-state index contributed by atoms with van der Waals surface area (Å²) in [7, 11) is 1.66. The van der Waals surface area contributed by atoms with Crippen LogP contribution in [0.4, 0.5) is 0 Å². The number of nitrogens with two attached hydrogens (primary N) is 1. The maximum atomic E-state index is 5.96. The minimum atomic E-state index is -0.168. The quantitative estimate of drug-likeness (QED) is 0.750. The topological polar surface area (TPSA) is 44.5 Å². The number of hydrogen-bond acceptors (Lipinski definition) is 3. The Morgan fingerprint density at radius 2 is 1.75 bits per heavy atom. The molecule has 0 aliphatic heterocycles. The van der Waals surface area contributed by atoms with E-state index in [1.807, 2.05) is 26.0 Å². The molecule has 0 unspecified atom stereocenters. The molecule has 0 saturated carbocycles. The first-order chi connectivity index (χ1) is 7.51. The highest BCUT2D eigenvalue weighted by Gasteiger charge is 2.11. The van der Waals surface area contributed by atoms with Crippen molar-refractivity contribution in [1.82, 2.24) is 0 Å². The maximum absolute atomic E-state index is 5.96. The predicted molar refractivity (Wildman–Crippen MR) is 65.8 cm³/mol. The summed E-state index contributed by atoms with van der Waals surface area (Å²) in [4.78, 5) is 0. The summed E-state index contributed by atoms with van der Waals surface area (Å²) in [6.45, 7) is 5.24. The minimum Gasteiger partial charge on any atom is -0.491 e. The van der Waals surface area contributed by atoms with Gasteiger partial charge in [0.1, 0.15) is 12.4 Å². The van der Waals surface area contributed by atoms with Gasteiger partial charge in [0.25, 0.3) is 0 Å². The molecule has 0 aliphatic rings. The van der Waals surface area contributed by atoms with Gasteiger partial charge in [0.15, 0.2) is 0 Å². The van der Waals surface area contributed by atoms with Gasteiger partial charge in [-0.25, -0.2) is 0 Å². The molecule has 0 radical (unpaired) electrons. The zero-order valence-electron chi connectivity index (χ0n) is 10.3. The molecule has 0 bridgehead atoms. The number of ether oxygens (including phenoxy) is 2. The predicted octanol–water partition coefficient (Wildman–Crippen LogP) is 1.99. The number of benzene rings is 1. The average molecular weight is 223 g/mol. The summed E-state index contributed by atoms with van der Waals surface area (Å²) in [5.74, 6) is 0.871. The molecule has 3 heteroatoms. The van der Waals surface area contributed by atoms with E-state index in [9.17, 15) is 0 Å². The molecule has 1 aromatic rings. The van der Waals surface area contributed by atoms with Gasteiger partial charge in [0.2, 0.25) is 0 Å². The van der Waals surface area contributed by atoms with E-state index >= 15 is 0 Å². The van der Waals surface area contributed by atoms with Crippen molar-refractivity contribution in [3.05, 3.63) is 29.8 Å². The van der Waals surface area contributed by atoms with Gasteiger partial charge in [-0.05, 0) is 38.0 Å². The van der Waals surface area contributed by atoms with Gasteiger partial charge < -0.3 is 15.2 Å². The zero-order chi connectivity index (χ0) is 12.0. The molecule has 0 atom stereocenters. The summed E-state index contributed by atoms with van der Waals surface area (Å²) >= 11 is 0. The van der Waals surface area contributed by atoms with Crippen molar-refractivity contribution in [2.24, 2.45) is 5.73 Å². The Labute approximate surface area is 97.6 Å². The van der Waals surface area contributed by atoms with Gasteiger partial charge in [-0.3, -0.25) is 0 Å². The van der Waals surface area contributed by atoms with Crippen molar-refractivity contribution < 1.29 is 9.47 Å². The van der Waals surface area contributed by atoms with Gasteiger partial charge in [-0.15, -0.1) is 0 Å². The molecule has 1 aromatic carbocycles. The molecule has 2 N–H and O–H groups in total. The monoisotopic (exact) mass is 223 g/mol. The highest BCUT2D eigenvalue weighted by molar-refractivity contribution is 5.28. The van der Waals surface area contributed by atoms with Crippen LogP contribution in [0.1, 0.15) is 19.4 Å². The van der Waals surface area contributed by atoms with Crippen LogP contribution < -0.4 is 10.5 Å². The fraction of sp³-hybridized carbons (Fsp3) is 0.538. The summed E-state index contributed by atoms with van der Waals surface area (Å²) in [6, 6.07) is 8.04. The average Bonchev–Trinajstić information content (AvgIpc) is 2.19. The molecule has 0 heterocycles. The van der Waals surface area contributed by atoms with E-state index in [1.54, 1.807) is 7.11 Å². The summed E-state index contributed by atoms with van der Waals surface area (Å²) in [6.07, 6.45) is 0.866. The fourth-order valence-corrected chi connectivity index (χ4v) is 1.47. The largest absolute Gasteiger partial charge is 0.491 e. The Balaban J connectivity index is 2.48. The van der Waals surface area contributed by atoms with Gasteiger partial charge >= 0.3 is 0 Å². The Bertz CT molecular complexity index is 301. The molecule has 3 nitrogen and oxygen atoms in total. The molecular formula is C13H21NO2. The zero-order valence-corrected chi connectivity index (χ0v) is 10.3. The van der Waals surface area contributed by atoms with Crippen molar-refractivity contribution in [3.8, 4) is 5.75 Å². The van der Waals surface area contributed by atoms with E-state index in [1.165, 1.54) is 5.56 Å². The Morgan fingerprint density at radius 3 is 2.25 bits per heavy atom. The van der Waals surface area contributed by atoms with Crippen molar-refractivity contribution in [1.29, 1.82) is 0 Å². The summed E-state index contributed by atoms with van der Waals surface area (Å²) in [5, 5.41) is 0. The molecule has 0 saturated heterocycles.